The van der Waals surface area contributed by atoms with Crippen molar-refractivity contribution in [2.45, 2.75) is 0 Å². The molecule has 0 spiro atoms. The summed E-state index contributed by atoms with van der Waals surface area (Å²) in [5.74, 6) is -0.604. The van der Waals surface area contributed by atoms with Gasteiger partial charge in [0, 0.05) is 16.8 Å². The van der Waals surface area contributed by atoms with E-state index in [1.165, 1.54) is 25.0 Å². The van der Waals surface area contributed by atoms with Crippen LogP contribution in [-0.2, 0) is 4.74 Å². The van der Waals surface area contributed by atoms with Gasteiger partial charge in [0.2, 0.25) is 0 Å². The van der Waals surface area contributed by atoms with E-state index in [0.717, 1.165) is 0 Å². The van der Waals surface area contributed by atoms with Gasteiger partial charge in [0.1, 0.15) is 11.8 Å². The number of benzene rings is 2. The van der Waals surface area contributed by atoms with Crippen LogP contribution in [-0.4, -0.2) is 30.5 Å². The monoisotopic (exact) mass is 409 g/mol. The highest BCUT2D eigenvalue weighted by atomic mass is 35.5. The molecule has 0 unspecified atom stereocenters. The summed E-state index contributed by atoms with van der Waals surface area (Å²) in [6, 6.07) is 13.1. The van der Waals surface area contributed by atoms with Crippen molar-refractivity contribution in [1.29, 1.82) is 5.26 Å². The lowest BCUT2D eigenvalue weighted by Crippen LogP contribution is -2.14. The molecule has 3 rings (SSSR count). The zero-order valence-corrected chi connectivity index (χ0v) is 16.4. The van der Waals surface area contributed by atoms with Gasteiger partial charge in [-0.15, -0.1) is 0 Å². The van der Waals surface area contributed by atoms with Gasteiger partial charge in [-0.25, -0.2) is 4.79 Å². The van der Waals surface area contributed by atoms with Crippen molar-refractivity contribution in [1.82, 2.24) is 4.57 Å². The molecule has 146 valence electrons. The van der Waals surface area contributed by atoms with Crippen molar-refractivity contribution in [3.8, 4) is 17.5 Å². The second-order valence-corrected chi connectivity index (χ2v) is 6.43. The quantitative estimate of drug-likeness (QED) is 0.509. The average Bonchev–Trinajstić information content (AvgIpc) is 3.08. The Bertz CT molecular complexity index is 1140. The molecule has 8 heteroatoms. The molecule has 0 amide bonds. The Morgan fingerprint density at radius 3 is 2.41 bits per heavy atom. The normalized spacial score (nSPS) is 10.3. The third-order valence-electron chi connectivity index (χ3n) is 4.36. The average molecular weight is 410 g/mol. The smallest absolute Gasteiger partial charge is 0.357 e. The Hall–Kier alpha value is -3.76. The number of nitrogen functional groups attached to an aromatic ring is 1. The van der Waals surface area contributed by atoms with E-state index in [0.29, 0.717) is 22.0 Å². The lowest BCUT2D eigenvalue weighted by molar-refractivity contribution is 0.0592. The molecule has 0 radical (unpaired) electrons. The van der Waals surface area contributed by atoms with Crippen molar-refractivity contribution < 1.29 is 19.1 Å². The Balaban J connectivity index is 2.27. The number of hydrogen-bond donors (Lipinski definition) is 1. The Kier molecular flexibility index (Phi) is 5.57. The van der Waals surface area contributed by atoms with Gasteiger partial charge in [-0.1, -0.05) is 11.6 Å². The van der Waals surface area contributed by atoms with Crippen LogP contribution in [0.15, 0.2) is 48.7 Å². The summed E-state index contributed by atoms with van der Waals surface area (Å²) in [6.07, 6.45) is 1.39. The molecule has 1 heterocycles. The van der Waals surface area contributed by atoms with E-state index in [2.05, 4.69) is 0 Å². The molecule has 0 saturated heterocycles. The van der Waals surface area contributed by atoms with Crippen molar-refractivity contribution >= 4 is 29.0 Å². The van der Waals surface area contributed by atoms with E-state index in [1.54, 1.807) is 42.5 Å². The minimum absolute atomic E-state index is 0.0277. The second kappa shape index (κ2) is 8.09. The van der Waals surface area contributed by atoms with Crippen LogP contribution in [0, 0.1) is 11.3 Å². The van der Waals surface area contributed by atoms with Gasteiger partial charge in [0.05, 0.1) is 36.7 Å². The molecular weight excluding hydrogens is 394 g/mol. The molecule has 0 saturated carbocycles. The molecule has 2 aromatic carbocycles. The first-order valence-corrected chi connectivity index (χ1v) is 8.77. The minimum Gasteiger partial charge on any atom is -0.497 e. The molecule has 0 aliphatic heterocycles. The molecular formula is C21H16ClN3O4. The summed E-state index contributed by atoms with van der Waals surface area (Å²) in [4.78, 5) is 25.5. The SMILES string of the molecule is COC(=O)c1c(N)c(C#N)cn1-c1ccc(OC)cc1C(=O)c1ccc(Cl)cc1. The summed E-state index contributed by atoms with van der Waals surface area (Å²) < 4.78 is 11.4. The molecule has 29 heavy (non-hydrogen) atoms. The number of ketones is 1. The Labute approximate surface area is 171 Å². The highest BCUT2D eigenvalue weighted by molar-refractivity contribution is 6.30. The fourth-order valence-corrected chi connectivity index (χ4v) is 3.02. The number of esters is 1. The van der Waals surface area contributed by atoms with E-state index in [1.807, 2.05) is 6.07 Å². The maximum Gasteiger partial charge on any atom is 0.357 e. The fourth-order valence-electron chi connectivity index (χ4n) is 2.90. The predicted molar refractivity (Wildman–Crippen MR) is 108 cm³/mol. The van der Waals surface area contributed by atoms with Crippen LogP contribution in [0.2, 0.25) is 5.02 Å². The van der Waals surface area contributed by atoms with Crippen molar-refractivity contribution in [3.05, 3.63) is 76.1 Å². The number of nitrogens with two attached hydrogens (primary N) is 1. The summed E-state index contributed by atoms with van der Waals surface area (Å²) in [7, 11) is 2.69. The highest BCUT2D eigenvalue weighted by Gasteiger charge is 2.25. The van der Waals surface area contributed by atoms with E-state index < -0.39 is 5.97 Å². The molecule has 0 aliphatic carbocycles. The summed E-state index contributed by atoms with van der Waals surface area (Å²) in [6.45, 7) is 0. The molecule has 1 aromatic heterocycles. The topological polar surface area (TPSA) is 107 Å². The van der Waals surface area contributed by atoms with Crippen LogP contribution < -0.4 is 10.5 Å². The van der Waals surface area contributed by atoms with E-state index >= 15 is 0 Å². The van der Waals surface area contributed by atoms with E-state index in [9.17, 15) is 14.9 Å². The molecule has 0 atom stereocenters. The zero-order valence-electron chi connectivity index (χ0n) is 15.6. The first-order valence-electron chi connectivity index (χ1n) is 8.39. The first-order chi connectivity index (χ1) is 13.9. The number of carbonyl (C=O) groups excluding carboxylic acids is 2. The minimum atomic E-state index is -0.732. The summed E-state index contributed by atoms with van der Waals surface area (Å²) in [5, 5.41) is 9.82. The van der Waals surface area contributed by atoms with Crippen molar-refractivity contribution in [2.24, 2.45) is 0 Å². The Morgan fingerprint density at radius 1 is 1.14 bits per heavy atom. The van der Waals surface area contributed by atoms with Gasteiger partial charge in [0.25, 0.3) is 0 Å². The van der Waals surface area contributed by atoms with Crippen molar-refractivity contribution in [3.63, 3.8) is 0 Å². The predicted octanol–water partition coefficient (Wildman–Crippen LogP) is 3.61. The lowest BCUT2D eigenvalue weighted by Gasteiger charge is -2.14. The standard InChI is InChI=1S/C21H16ClN3O4/c1-28-15-7-8-17(16(9-15)20(26)12-3-5-14(22)6-4-12)25-11-13(10-23)18(24)19(25)21(27)29-2/h3-9,11H,24H2,1-2H3. The number of carbonyl (C=O) groups is 2. The number of methoxy groups -OCH3 is 2. The van der Waals surface area contributed by atoms with Crippen molar-refractivity contribution in [2.75, 3.05) is 20.0 Å². The van der Waals surface area contributed by atoms with Crippen LogP contribution in [0.4, 0.5) is 5.69 Å². The van der Waals surface area contributed by atoms with Gasteiger partial charge >= 0.3 is 5.97 Å². The molecule has 0 bridgehead atoms. The van der Waals surface area contributed by atoms with Gasteiger partial charge < -0.3 is 19.8 Å². The van der Waals surface area contributed by atoms with Crippen LogP contribution in [0.25, 0.3) is 5.69 Å². The summed E-state index contributed by atoms with van der Waals surface area (Å²) in [5.41, 5.74) is 6.98. The van der Waals surface area contributed by atoms with E-state index in [4.69, 9.17) is 26.8 Å². The maximum absolute atomic E-state index is 13.2. The lowest BCUT2D eigenvalue weighted by atomic mass is 10.0. The number of halogens is 1. The Morgan fingerprint density at radius 2 is 1.83 bits per heavy atom. The number of hydrogen-bond acceptors (Lipinski definition) is 6. The second-order valence-electron chi connectivity index (χ2n) is 6.00. The van der Waals surface area contributed by atoms with Gasteiger partial charge in [-0.3, -0.25) is 4.79 Å². The third kappa shape index (κ3) is 3.66. The van der Waals surface area contributed by atoms with Crippen LogP contribution in [0.3, 0.4) is 0 Å². The van der Waals surface area contributed by atoms with Gasteiger partial charge in [-0.05, 0) is 42.5 Å². The largest absolute Gasteiger partial charge is 0.497 e. The molecule has 0 fully saturated rings. The maximum atomic E-state index is 13.2. The van der Waals surface area contributed by atoms with Crippen LogP contribution in [0.5, 0.6) is 5.75 Å². The fraction of sp³-hybridized carbons (Fsp3) is 0.0952. The zero-order chi connectivity index (χ0) is 21.1. The number of nitriles is 1. The van der Waals surface area contributed by atoms with Gasteiger partial charge in [-0.2, -0.15) is 5.26 Å². The number of nitrogens with zero attached hydrogens (tertiary/aromatic N) is 2. The van der Waals surface area contributed by atoms with Crippen LogP contribution in [0.1, 0.15) is 32.0 Å². The number of ether oxygens (including phenoxy) is 2. The molecule has 3 aromatic rings. The summed E-state index contributed by atoms with van der Waals surface area (Å²) >= 11 is 5.91. The number of anilines is 1. The molecule has 2 N–H and O–H groups in total. The molecule has 0 aliphatic rings. The first kappa shape index (κ1) is 20.0. The highest BCUT2D eigenvalue weighted by Crippen LogP contribution is 2.30. The van der Waals surface area contributed by atoms with E-state index in [-0.39, 0.29) is 28.3 Å². The number of aromatic nitrogens is 1. The van der Waals surface area contributed by atoms with Gasteiger partial charge in [0.15, 0.2) is 11.5 Å². The molecule has 7 nitrogen and oxygen atoms in total. The number of rotatable bonds is 5. The van der Waals surface area contributed by atoms with Crippen LogP contribution >= 0.6 is 11.6 Å². The third-order valence-corrected chi connectivity index (χ3v) is 4.61.